The molecule has 1 aromatic carbocycles. The SMILES string of the molecule is NC(CC(=O)O)c1ccc(F)cc1N1CCCC1. The highest BCUT2D eigenvalue weighted by Crippen LogP contribution is 2.30. The number of carbonyl (C=O) groups is 1. The van der Waals surface area contributed by atoms with Gasteiger partial charge in [-0.3, -0.25) is 4.79 Å². The van der Waals surface area contributed by atoms with E-state index in [1.54, 1.807) is 6.07 Å². The van der Waals surface area contributed by atoms with E-state index < -0.39 is 12.0 Å². The molecule has 0 bridgehead atoms. The van der Waals surface area contributed by atoms with Crippen LogP contribution in [0.3, 0.4) is 0 Å². The minimum atomic E-state index is -0.945. The van der Waals surface area contributed by atoms with Gasteiger partial charge in [-0.05, 0) is 30.5 Å². The van der Waals surface area contributed by atoms with E-state index >= 15 is 0 Å². The zero-order valence-electron chi connectivity index (χ0n) is 10.1. The lowest BCUT2D eigenvalue weighted by atomic mass is 10.0. The predicted octanol–water partition coefficient (Wildman–Crippen LogP) is 1.90. The van der Waals surface area contributed by atoms with Gasteiger partial charge in [-0.2, -0.15) is 0 Å². The Balaban J connectivity index is 2.30. The molecule has 1 fully saturated rings. The molecule has 0 saturated carbocycles. The highest BCUT2D eigenvalue weighted by Gasteiger charge is 2.21. The van der Waals surface area contributed by atoms with E-state index in [-0.39, 0.29) is 12.2 Å². The molecule has 1 aliphatic heterocycles. The van der Waals surface area contributed by atoms with Gasteiger partial charge < -0.3 is 15.7 Å². The number of anilines is 1. The van der Waals surface area contributed by atoms with Crippen molar-refractivity contribution in [1.82, 2.24) is 0 Å². The summed E-state index contributed by atoms with van der Waals surface area (Å²) >= 11 is 0. The van der Waals surface area contributed by atoms with Crippen molar-refractivity contribution in [3.8, 4) is 0 Å². The second-order valence-corrected chi connectivity index (χ2v) is 4.60. The molecule has 3 N–H and O–H groups in total. The second kappa shape index (κ2) is 5.35. The number of carboxylic acid groups (broad SMARTS) is 1. The Bertz CT molecular complexity index is 445. The molecule has 0 spiro atoms. The first-order valence-electron chi connectivity index (χ1n) is 6.09. The molecule has 98 valence electrons. The highest BCUT2D eigenvalue weighted by atomic mass is 19.1. The summed E-state index contributed by atoms with van der Waals surface area (Å²) < 4.78 is 13.3. The summed E-state index contributed by atoms with van der Waals surface area (Å²) in [6, 6.07) is 3.77. The normalized spacial score (nSPS) is 16.9. The van der Waals surface area contributed by atoms with E-state index in [1.807, 2.05) is 0 Å². The van der Waals surface area contributed by atoms with Crippen LogP contribution < -0.4 is 10.6 Å². The molecule has 2 rings (SSSR count). The molecule has 1 unspecified atom stereocenters. The van der Waals surface area contributed by atoms with Crippen LogP contribution in [0.25, 0.3) is 0 Å². The van der Waals surface area contributed by atoms with Crippen molar-refractivity contribution in [3.05, 3.63) is 29.6 Å². The minimum Gasteiger partial charge on any atom is -0.481 e. The van der Waals surface area contributed by atoms with E-state index in [2.05, 4.69) is 4.90 Å². The first-order valence-corrected chi connectivity index (χ1v) is 6.09. The molecule has 5 heteroatoms. The number of nitrogens with two attached hydrogens (primary N) is 1. The summed E-state index contributed by atoms with van der Waals surface area (Å²) in [6.45, 7) is 1.74. The third-order valence-corrected chi connectivity index (χ3v) is 3.23. The Kier molecular flexibility index (Phi) is 3.81. The lowest BCUT2D eigenvalue weighted by Crippen LogP contribution is -2.23. The van der Waals surface area contributed by atoms with Crippen LogP contribution in [0, 0.1) is 5.82 Å². The summed E-state index contributed by atoms with van der Waals surface area (Å²) in [7, 11) is 0. The fourth-order valence-electron chi connectivity index (χ4n) is 2.36. The third kappa shape index (κ3) is 2.79. The van der Waals surface area contributed by atoms with Gasteiger partial charge in [0.25, 0.3) is 0 Å². The van der Waals surface area contributed by atoms with Gasteiger partial charge in [0, 0.05) is 24.8 Å². The maximum Gasteiger partial charge on any atom is 0.305 e. The summed E-state index contributed by atoms with van der Waals surface area (Å²) in [5, 5.41) is 8.79. The zero-order valence-corrected chi connectivity index (χ0v) is 10.1. The van der Waals surface area contributed by atoms with Gasteiger partial charge >= 0.3 is 5.97 Å². The average Bonchev–Trinajstić information content (AvgIpc) is 2.80. The maximum atomic E-state index is 13.3. The van der Waals surface area contributed by atoms with E-state index in [4.69, 9.17) is 10.8 Å². The van der Waals surface area contributed by atoms with Crippen LogP contribution in [-0.2, 0) is 4.79 Å². The molecule has 0 aliphatic carbocycles. The fourth-order valence-corrected chi connectivity index (χ4v) is 2.36. The van der Waals surface area contributed by atoms with Crippen molar-refractivity contribution >= 4 is 11.7 Å². The predicted molar refractivity (Wildman–Crippen MR) is 67.0 cm³/mol. The van der Waals surface area contributed by atoms with Crippen LogP contribution in [0.2, 0.25) is 0 Å². The monoisotopic (exact) mass is 252 g/mol. The molecule has 0 radical (unpaired) electrons. The van der Waals surface area contributed by atoms with E-state index in [0.717, 1.165) is 31.6 Å². The Hall–Kier alpha value is -1.62. The number of benzene rings is 1. The van der Waals surface area contributed by atoms with Crippen molar-refractivity contribution < 1.29 is 14.3 Å². The van der Waals surface area contributed by atoms with Crippen molar-refractivity contribution in [1.29, 1.82) is 0 Å². The van der Waals surface area contributed by atoms with Crippen LogP contribution in [0.4, 0.5) is 10.1 Å². The number of halogens is 1. The molecule has 18 heavy (non-hydrogen) atoms. The Morgan fingerprint density at radius 3 is 2.72 bits per heavy atom. The molecule has 1 atom stereocenters. The van der Waals surface area contributed by atoms with Gasteiger partial charge in [0.05, 0.1) is 6.42 Å². The second-order valence-electron chi connectivity index (χ2n) is 4.60. The first-order chi connectivity index (χ1) is 8.58. The van der Waals surface area contributed by atoms with Crippen LogP contribution in [0.5, 0.6) is 0 Å². The number of aliphatic carboxylic acids is 1. The van der Waals surface area contributed by atoms with Gasteiger partial charge in [0.1, 0.15) is 5.82 Å². The zero-order chi connectivity index (χ0) is 13.1. The minimum absolute atomic E-state index is 0.146. The van der Waals surface area contributed by atoms with Crippen LogP contribution in [0.1, 0.15) is 30.9 Å². The molecule has 1 aromatic rings. The molecule has 1 saturated heterocycles. The van der Waals surface area contributed by atoms with Crippen molar-refractivity contribution in [2.45, 2.75) is 25.3 Å². The van der Waals surface area contributed by atoms with Crippen molar-refractivity contribution in [2.24, 2.45) is 5.73 Å². The summed E-state index contributed by atoms with van der Waals surface area (Å²) in [5.74, 6) is -1.26. The number of hydrogen-bond acceptors (Lipinski definition) is 3. The molecule has 1 heterocycles. The van der Waals surface area contributed by atoms with Crippen molar-refractivity contribution in [3.63, 3.8) is 0 Å². The molecular formula is C13H17FN2O2. The first kappa shape index (κ1) is 12.8. The van der Waals surface area contributed by atoms with Gasteiger partial charge in [0.2, 0.25) is 0 Å². The van der Waals surface area contributed by atoms with Crippen LogP contribution in [0.15, 0.2) is 18.2 Å². The van der Waals surface area contributed by atoms with E-state index in [0.29, 0.717) is 5.56 Å². The maximum absolute atomic E-state index is 13.3. The Morgan fingerprint density at radius 2 is 2.11 bits per heavy atom. The summed E-state index contributed by atoms with van der Waals surface area (Å²) in [6.07, 6.45) is 2.00. The van der Waals surface area contributed by atoms with E-state index in [9.17, 15) is 9.18 Å². The van der Waals surface area contributed by atoms with Gasteiger partial charge in [-0.1, -0.05) is 6.07 Å². The number of rotatable bonds is 4. The van der Waals surface area contributed by atoms with Gasteiger partial charge in [0.15, 0.2) is 0 Å². The lowest BCUT2D eigenvalue weighted by molar-refractivity contribution is -0.137. The summed E-state index contributed by atoms with van der Waals surface area (Å²) in [4.78, 5) is 12.8. The largest absolute Gasteiger partial charge is 0.481 e. The van der Waals surface area contributed by atoms with Gasteiger partial charge in [-0.15, -0.1) is 0 Å². The smallest absolute Gasteiger partial charge is 0.305 e. The molecule has 4 nitrogen and oxygen atoms in total. The van der Waals surface area contributed by atoms with E-state index in [1.165, 1.54) is 12.1 Å². The lowest BCUT2D eigenvalue weighted by Gasteiger charge is -2.24. The molecular weight excluding hydrogens is 235 g/mol. The Labute approximate surface area is 105 Å². The third-order valence-electron chi connectivity index (χ3n) is 3.23. The molecule has 0 amide bonds. The highest BCUT2D eigenvalue weighted by molar-refractivity contribution is 5.69. The fraction of sp³-hybridized carbons (Fsp3) is 0.462. The van der Waals surface area contributed by atoms with Crippen LogP contribution >= 0.6 is 0 Å². The number of hydrogen-bond donors (Lipinski definition) is 2. The topological polar surface area (TPSA) is 66.6 Å². The number of nitrogens with zero attached hydrogens (tertiary/aromatic N) is 1. The Morgan fingerprint density at radius 1 is 1.44 bits per heavy atom. The summed E-state index contributed by atoms with van der Waals surface area (Å²) in [5.41, 5.74) is 7.33. The quantitative estimate of drug-likeness (QED) is 0.859. The standard InChI is InChI=1S/C13H17FN2O2/c14-9-3-4-10(11(15)8-13(17)18)12(7-9)16-5-1-2-6-16/h3-4,7,11H,1-2,5-6,8,15H2,(H,17,18). The van der Waals surface area contributed by atoms with Crippen LogP contribution in [-0.4, -0.2) is 24.2 Å². The van der Waals surface area contributed by atoms with Gasteiger partial charge in [-0.25, -0.2) is 4.39 Å². The molecule has 0 aromatic heterocycles. The molecule has 1 aliphatic rings. The number of carboxylic acids is 1. The average molecular weight is 252 g/mol. The van der Waals surface area contributed by atoms with Crippen molar-refractivity contribution in [2.75, 3.05) is 18.0 Å².